The number of nitrogens with one attached hydrogen (secondary N) is 1. The highest BCUT2D eigenvalue weighted by Crippen LogP contribution is 2.33. The third kappa shape index (κ3) is 4.93. The molecule has 38 heavy (non-hydrogen) atoms. The molecular weight excluding hydrogens is 497 g/mol. The van der Waals surface area contributed by atoms with Gasteiger partial charge < -0.3 is 10.2 Å². The molecule has 1 saturated heterocycles. The van der Waals surface area contributed by atoms with Crippen LogP contribution in [0.3, 0.4) is 0 Å². The number of carbonyl (C=O) groups is 2. The number of likely N-dealkylation sites (tertiary alicyclic amines) is 1. The Bertz CT molecular complexity index is 1580. The van der Waals surface area contributed by atoms with E-state index < -0.39 is 17.6 Å². The van der Waals surface area contributed by atoms with E-state index in [1.807, 2.05) is 10.6 Å². The highest BCUT2D eigenvalue weighted by atomic mass is 19.4. The zero-order valence-corrected chi connectivity index (χ0v) is 20.2. The molecule has 11 heteroatoms. The summed E-state index contributed by atoms with van der Waals surface area (Å²) in [6.45, 7) is 2.74. The van der Waals surface area contributed by atoms with Gasteiger partial charge in [0.2, 0.25) is 0 Å². The maximum atomic E-state index is 13.0. The summed E-state index contributed by atoms with van der Waals surface area (Å²) in [5, 5.41) is 2.40. The van der Waals surface area contributed by atoms with Crippen molar-refractivity contribution in [2.24, 2.45) is 0 Å². The standard InChI is InChI=1S/C27H21F3N6O2/c1-2-3-23(37)35-12-9-19(16-35)25-34-24(21-15-31-11-13-36(21)25)17-4-6-18(7-5-17)26(38)33-22-14-20(8-10-32-22)27(28,29)30/h4-8,10-11,13-15,19H,9,12,16H2,1H3,(H,32,33,38)/t19-/m1/s1. The lowest BCUT2D eigenvalue weighted by atomic mass is 10.1. The molecule has 1 N–H and O–H groups in total. The van der Waals surface area contributed by atoms with Crippen LogP contribution >= 0.6 is 0 Å². The first-order valence-corrected chi connectivity index (χ1v) is 11.7. The third-order valence-corrected chi connectivity index (χ3v) is 6.30. The molecule has 4 heterocycles. The second-order valence-corrected chi connectivity index (χ2v) is 8.72. The zero-order valence-electron chi connectivity index (χ0n) is 20.2. The predicted octanol–water partition coefficient (Wildman–Crippen LogP) is 4.40. The van der Waals surface area contributed by atoms with Crippen LogP contribution in [-0.2, 0) is 11.0 Å². The molecule has 0 spiro atoms. The Morgan fingerprint density at radius 3 is 2.66 bits per heavy atom. The van der Waals surface area contributed by atoms with Gasteiger partial charge in [-0.25, -0.2) is 9.97 Å². The number of rotatable bonds is 4. The van der Waals surface area contributed by atoms with Crippen molar-refractivity contribution in [2.75, 3.05) is 18.4 Å². The molecule has 0 saturated carbocycles. The minimum atomic E-state index is -4.54. The fourth-order valence-electron chi connectivity index (χ4n) is 4.45. The number of hydrogen-bond donors (Lipinski definition) is 1. The Kier molecular flexibility index (Phi) is 6.55. The SMILES string of the molecule is CC#CC(=O)N1CC[C@@H](c2nc(-c3ccc(C(=O)Nc4cc(C(F)(F)F)ccn4)cc3)c3cnccn23)C1. The number of benzene rings is 1. The summed E-state index contributed by atoms with van der Waals surface area (Å²) < 4.78 is 40.8. The van der Waals surface area contributed by atoms with Crippen LogP contribution in [0.25, 0.3) is 16.8 Å². The Balaban J connectivity index is 1.38. The lowest BCUT2D eigenvalue weighted by molar-refractivity contribution is -0.137. The van der Waals surface area contributed by atoms with E-state index in [9.17, 15) is 22.8 Å². The van der Waals surface area contributed by atoms with Crippen LogP contribution in [0.5, 0.6) is 0 Å². The van der Waals surface area contributed by atoms with E-state index in [1.54, 1.807) is 48.5 Å². The molecule has 192 valence electrons. The Labute approximate surface area is 215 Å². The van der Waals surface area contributed by atoms with Crippen LogP contribution in [0.4, 0.5) is 19.0 Å². The number of carbonyl (C=O) groups excluding carboxylic acids is 2. The summed E-state index contributed by atoms with van der Waals surface area (Å²) in [5.74, 6) is 5.05. The smallest absolute Gasteiger partial charge is 0.331 e. The average Bonchev–Trinajstić information content (AvgIpc) is 3.54. The van der Waals surface area contributed by atoms with E-state index in [0.29, 0.717) is 18.8 Å². The van der Waals surface area contributed by atoms with Crippen LogP contribution < -0.4 is 5.32 Å². The second-order valence-electron chi connectivity index (χ2n) is 8.72. The summed E-state index contributed by atoms with van der Waals surface area (Å²) in [6, 6.07) is 8.19. The molecule has 0 bridgehead atoms. The van der Waals surface area contributed by atoms with E-state index in [2.05, 4.69) is 27.1 Å². The van der Waals surface area contributed by atoms with E-state index in [-0.39, 0.29) is 23.2 Å². The number of nitrogens with zero attached hydrogens (tertiary/aromatic N) is 5. The number of anilines is 1. The van der Waals surface area contributed by atoms with Gasteiger partial charge in [-0.3, -0.25) is 19.0 Å². The monoisotopic (exact) mass is 518 g/mol. The van der Waals surface area contributed by atoms with Crippen molar-refractivity contribution in [3.8, 4) is 23.1 Å². The van der Waals surface area contributed by atoms with Crippen LogP contribution in [-0.4, -0.2) is 49.2 Å². The summed E-state index contributed by atoms with van der Waals surface area (Å²) in [5.41, 5.74) is 1.51. The van der Waals surface area contributed by atoms with Gasteiger partial charge >= 0.3 is 6.18 Å². The predicted molar refractivity (Wildman–Crippen MR) is 133 cm³/mol. The first-order valence-electron chi connectivity index (χ1n) is 11.7. The van der Waals surface area contributed by atoms with Gasteiger partial charge in [0.1, 0.15) is 11.6 Å². The van der Waals surface area contributed by atoms with Gasteiger partial charge in [-0.1, -0.05) is 18.1 Å². The molecule has 1 atom stereocenters. The summed E-state index contributed by atoms with van der Waals surface area (Å²) >= 11 is 0. The molecule has 8 nitrogen and oxygen atoms in total. The van der Waals surface area contributed by atoms with Gasteiger partial charge in [-0.2, -0.15) is 13.2 Å². The van der Waals surface area contributed by atoms with Crippen molar-refractivity contribution in [1.29, 1.82) is 0 Å². The number of pyridine rings is 1. The molecule has 0 radical (unpaired) electrons. The summed E-state index contributed by atoms with van der Waals surface area (Å²) in [7, 11) is 0. The van der Waals surface area contributed by atoms with Crippen LogP contribution in [0.15, 0.2) is 61.2 Å². The topological polar surface area (TPSA) is 92.5 Å². The van der Waals surface area contributed by atoms with Crippen molar-refractivity contribution in [3.05, 3.63) is 78.1 Å². The number of imidazole rings is 1. The molecule has 0 unspecified atom stereocenters. The summed E-state index contributed by atoms with van der Waals surface area (Å²) in [6.07, 6.45) is 2.39. The van der Waals surface area contributed by atoms with E-state index in [4.69, 9.17) is 4.98 Å². The average molecular weight is 518 g/mol. The van der Waals surface area contributed by atoms with Gasteiger partial charge in [-0.05, 0) is 43.5 Å². The van der Waals surface area contributed by atoms with E-state index >= 15 is 0 Å². The van der Waals surface area contributed by atoms with Gasteiger partial charge in [0.25, 0.3) is 11.8 Å². The fraction of sp³-hybridized carbons (Fsp3) is 0.222. The number of alkyl halides is 3. The van der Waals surface area contributed by atoms with E-state index in [0.717, 1.165) is 41.7 Å². The molecule has 4 aromatic rings. The van der Waals surface area contributed by atoms with Gasteiger partial charge in [0.05, 0.1) is 23.0 Å². The van der Waals surface area contributed by atoms with Crippen molar-refractivity contribution in [3.63, 3.8) is 0 Å². The summed E-state index contributed by atoms with van der Waals surface area (Å²) in [4.78, 5) is 39.5. The van der Waals surface area contributed by atoms with E-state index in [1.165, 1.54) is 0 Å². The maximum Gasteiger partial charge on any atom is 0.416 e. The van der Waals surface area contributed by atoms with Crippen LogP contribution in [0.2, 0.25) is 0 Å². The van der Waals surface area contributed by atoms with Crippen molar-refractivity contribution < 1.29 is 22.8 Å². The van der Waals surface area contributed by atoms with Crippen LogP contribution in [0.1, 0.15) is 41.0 Å². The number of halogens is 3. The van der Waals surface area contributed by atoms with Gasteiger partial charge in [0.15, 0.2) is 0 Å². The molecule has 0 aliphatic carbocycles. The number of aromatic nitrogens is 4. The Hall–Kier alpha value is -4.72. The molecule has 3 aromatic heterocycles. The first kappa shape index (κ1) is 25.0. The van der Waals surface area contributed by atoms with Crippen molar-refractivity contribution in [1.82, 2.24) is 24.3 Å². The third-order valence-electron chi connectivity index (χ3n) is 6.30. The van der Waals surface area contributed by atoms with Gasteiger partial charge in [0, 0.05) is 48.7 Å². The number of hydrogen-bond acceptors (Lipinski definition) is 5. The van der Waals surface area contributed by atoms with Gasteiger partial charge in [-0.15, -0.1) is 0 Å². The lowest BCUT2D eigenvalue weighted by Crippen LogP contribution is -2.27. The second kappa shape index (κ2) is 9.97. The molecule has 2 amide bonds. The lowest BCUT2D eigenvalue weighted by Gasteiger charge is -2.12. The van der Waals surface area contributed by atoms with Crippen molar-refractivity contribution >= 4 is 23.1 Å². The normalized spacial score (nSPS) is 15.3. The number of fused-ring (bicyclic) bond motifs is 1. The maximum absolute atomic E-state index is 13.0. The molecule has 1 aliphatic heterocycles. The zero-order chi connectivity index (χ0) is 26.9. The Morgan fingerprint density at radius 2 is 1.92 bits per heavy atom. The highest BCUT2D eigenvalue weighted by molar-refractivity contribution is 6.04. The largest absolute Gasteiger partial charge is 0.416 e. The van der Waals surface area contributed by atoms with Crippen molar-refractivity contribution in [2.45, 2.75) is 25.4 Å². The first-order chi connectivity index (χ1) is 18.2. The minimum Gasteiger partial charge on any atom is -0.331 e. The fourth-order valence-corrected chi connectivity index (χ4v) is 4.45. The highest BCUT2D eigenvalue weighted by Gasteiger charge is 2.31. The molecule has 1 aromatic carbocycles. The number of amides is 2. The molecule has 1 fully saturated rings. The van der Waals surface area contributed by atoms with Crippen LogP contribution in [0, 0.1) is 11.8 Å². The molecular formula is C27H21F3N6O2. The molecule has 5 rings (SSSR count). The Morgan fingerprint density at radius 1 is 1.13 bits per heavy atom. The molecule has 1 aliphatic rings. The quantitative estimate of drug-likeness (QED) is 0.405. The minimum absolute atomic E-state index is 0.0197.